The van der Waals surface area contributed by atoms with Crippen molar-refractivity contribution in [3.05, 3.63) is 102 Å². The summed E-state index contributed by atoms with van der Waals surface area (Å²) < 4.78 is 15.0. The van der Waals surface area contributed by atoms with Crippen LogP contribution in [-0.4, -0.2) is 32.1 Å². The molecule has 3 aromatic carbocycles. The second-order valence-corrected chi connectivity index (χ2v) is 9.14. The number of benzene rings is 3. The molecule has 7 nitrogen and oxygen atoms in total. The van der Waals surface area contributed by atoms with Gasteiger partial charge in [-0.2, -0.15) is 5.10 Å². The van der Waals surface area contributed by atoms with E-state index in [2.05, 4.69) is 26.0 Å². The van der Waals surface area contributed by atoms with E-state index in [9.17, 15) is 9.18 Å². The first-order valence-electron chi connectivity index (χ1n) is 11.0. The Morgan fingerprint density at radius 1 is 1.06 bits per heavy atom. The van der Waals surface area contributed by atoms with Crippen LogP contribution in [0.25, 0.3) is 5.69 Å². The fraction of sp³-hybridized carbons (Fsp3) is 0.154. The van der Waals surface area contributed by atoms with Crippen LogP contribution in [0.3, 0.4) is 0 Å². The number of aromatic nitrogens is 3. The number of hydrogen-bond acceptors (Lipinski definition) is 6. The highest BCUT2D eigenvalue weighted by Gasteiger charge is 2.21. The van der Waals surface area contributed by atoms with E-state index < -0.39 is 5.25 Å². The number of rotatable bonds is 9. The molecule has 0 radical (unpaired) electrons. The number of hydrogen-bond donors (Lipinski definition) is 2. The van der Waals surface area contributed by atoms with Crippen molar-refractivity contribution >= 4 is 29.6 Å². The number of nitrogens with one attached hydrogen (secondary N) is 2. The summed E-state index contributed by atoms with van der Waals surface area (Å²) in [5, 5.41) is 16.2. The summed E-state index contributed by atoms with van der Waals surface area (Å²) in [6.45, 7) is 4.29. The SMILES string of the molecule is Cc1ccc(NCc2nnc(S[C@@H](C)C(=O)N/N=C\c3ccc(F)cc3)n2-c2ccccc2)cc1. The van der Waals surface area contributed by atoms with Crippen molar-refractivity contribution in [3.8, 4) is 5.69 Å². The molecule has 0 unspecified atom stereocenters. The Balaban J connectivity index is 1.46. The predicted molar refractivity (Wildman–Crippen MR) is 137 cm³/mol. The van der Waals surface area contributed by atoms with Crippen molar-refractivity contribution in [2.45, 2.75) is 30.8 Å². The molecular formula is C26H25FN6OS. The molecule has 35 heavy (non-hydrogen) atoms. The molecular weight excluding hydrogens is 463 g/mol. The first-order chi connectivity index (χ1) is 17.0. The Kier molecular flexibility index (Phi) is 7.89. The van der Waals surface area contributed by atoms with Crippen molar-refractivity contribution in [2.24, 2.45) is 5.10 Å². The van der Waals surface area contributed by atoms with Gasteiger partial charge in [0.1, 0.15) is 5.82 Å². The summed E-state index contributed by atoms with van der Waals surface area (Å²) in [5.41, 5.74) is 6.29. The van der Waals surface area contributed by atoms with Crippen LogP contribution in [0, 0.1) is 12.7 Å². The predicted octanol–water partition coefficient (Wildman–Crippen LogP) is 4.96. The molecule has 4 aromatic rings. The summed E-state index contributed by atoms with van der Waals surface area (Å²) in [6, 6.07) is 23.8. The number of carbonyl (C=O) groups is 1. The average Bonchev–Trinajstić information content (AvgIpc) is 3.27. The Bertz CT molecular complexity index is 1290. The van der Waals surface area contributed by atoms with E-state index >= 15 is 0 Å². The monoisotopic (exact) mass is 488 g/mol. The minimum Gasteiger partial charge on any atom is -0.378 e. The average molecular weight is 489 g/mol. The standard InChI is InChI=1S/C26H25FN6OS/c1-18-8-14-22(15-9-18)28-17-24-30-32-26(33(24)23-6-4-3-5-7-23)35-19(2)25(34)31-29-16-20-10-12-21(27)13-11-20/h3-16,19,28H,17H2,1-2H3,(H,31,34)/b29-16-/t19-/m0/s1. The molecule has 0 saturated carbocycles. The Morgan fingerprint density at radius 2 is 1.77 bits per heavy atom. The zero-order valence-corrected chi connectivity index (χ0v) is 20.2. The van der Waals surface area contributed by atoms with Gasteiger partial charge in [0.25, 0.3) is 5.91 Å². The minimum atomic E-state index is -0.482. The lowest BCUT2D eigenvalue weighted by Gasteiger charge is -2.13. The first kappa shape index (κ1) is 24.2. The highest BCUT2D eigenvalue weighted by atomic mass is 32.2. The molecule has 1 amide bonds. The normalized spacial score (nSPS) is 12.0. The van der Waals surface area contributed by atoms with Gasteiger partial charge in [-0.3, -0.25) is 9.36 Å². The summed E-state index contributed by atoms with van der Waals surface area (Å²) in [6.07, 6.45) is 1.47. The number of anilines is 1. The third-order valence-corrected chi connectivity index (χ3v) is 6.17. The van der Waals surface area contributed by atoms with Crippen LogP contribution in [0.2, 0.25) is 0 Å². The van der Waals surface area contributed by atoms with Crippen LogP contribution >= 0.6 is 11.8 Å². The maximum atomic E-state index is 13.0. The third kappa shape index (κ3) is 6.54. The molecule has 4 rings (SSSR count). The molecule has 0 aliphatic heterocycles. The Hall–Kier alpha value is -3.98. The molecule has 9 heteroatoms. The molecule has 0 bridgehead atoms. The molecule has 2 N–H and O–H groups in total. The van der Waals surface area contributed by atoms with Gasteiger partial charge < -0.3 is 5.32 Å². The number of nitrogens with zero attached hydrogens (tertiary/aromatic N) is 4. The zero-order valence-electron chi connectivity index (χ0n) is 19.4. The van der Waals surface area contributed by atoms with Gasteiger partial charge in [-0.1, -0.05) is 59.8 Å². The van der Waals surface area contributed by atoms with Crippen LogP contribution in [0.4, 0.5) is 10.1 Å². The van der Waals surface area contributed by atoms with Crippen molar-refractivity contribution in [1.29, 1.82) is 0 Å². The van der Waals surface area contributed by atoms with Crippen LogP contribution in [0.1, 0.15) is 23.9 Å². The van der Waals surface area contributed by atoms with E-state index in [1.807, 2.05) is 66.1 Å². The molecule has 1 heterocycles. The zero-order chi connectivity index (χ0) is 24.6. The van der Waals surface area contributed by atoms with Gasteiger partial charge in [0, 0.05) is 11.4 Å². The number of thioether (sulfide) groups is 1. The molecule has 0 spiro atoms. The lowest BCUT2D eigenvalue weighted by atomic mass is 10.2. The maximum Gasteiger partial charge on any atom is 0.253 e. The van der Waals surface area contributed by atoms with Gasteiger partial charge in [-0.15, -0.1) is 10.2 Å². The molecule has 1 aromatic heterocycles. The van der Waals surface area contributed by atoms with Crippen LogP contribution in [0.15, 0.2) is 89.1 Å². The lowest BCUT2D eigenvalue weighted by molar-refractivity contribution is -0.120. The smallest absolute Gasteiger partial charge is 0.253 e. The van der Waals surface area contributed by atoms with Gasteiger partial charge in [0.15, 0.2) is 11.0 Å². The number of aryl methyl sites for hydroxylation is 1. The van der Waals surface area contributed by atoms with Crippen molar-refractivity contribution in [1.82, 2.24) is 20.2 Å². The van der Waals surface area contributed by atoms with Crippen molar-refractivity contribution in [3.63, 3.8) is 0 Å². The highest BCUT2D eigenvalue weighted by Crippen LogP contribution is 2.26. The maximum absolute atomic E-state index is 13.0. The number of para-hydroxylation sites is 1. The number of carbonyl (C=O) groups excluding carboxylic acids is 1. The van der Waals surface area contributed by atoms with Gasteiger partial charge in [0.05, 0.1) is 18.0 Å². The molecule has 1 atom stereocenters. The second kappa shape index (κ2) is 11.4. The lowest BCUT2D eigenvalue weighted by Crippen LogP contribution is -2.27. The van der Waals surface area contributed by atoms with Crippen molar-refractivity contribution in [2.75, 3.05) is 5.32 Å². The number of hydrazone groups is 1. The number of halogens is 1. The van der Waals surface area contributed by atoms with E-state index in [-0.39, 0.29) is 11.7 Å². The van der Waals surface area contributed by atoms with E-state index in [4.69, 9.17) is 0 Å². The van der Waals surface area contributed by atoms with E-state index in [0.717, 1.165) is 17.2 Å². The van der Waals surface area contributed by atoms with E-state index in [1.54, 1.807) is 19.1 Å². The largest absolute Gasteiger partial charge is 0.378 e. The van der Waals surface area contributed by atoms with Crippen molar-refractivity contribution < 1.29 is 9.18 Å². The molecule has 0 saturated heterocycles. The van der Waals surface area contributed by atoms with Crippen LogP contribution in [0.5, 0.6) is 0 Å². The summed E-state index contributed by atoms with van der Waals surface area (Å²) >= 11 is 1.29. The highest BCUT2D eigenvalue weighted by molar-refractivity contribution is 8.00. The molecule has 0 fully saturated rings. The van der Waals surface area contributed by atoms with Crippen LogP contribution < -0.4 is 10.7 Å². The second-order valence-electron chi connectivity index (χ2n) is 7.84. The fourth-order valence-electron chi connectivity index (χ4n) is 3.20. The summed E-state index contributed by atoms with van der Waals surface area (Å²) in [4.78, 5) is 12.6. The first-order valence-corrected chi connectivity index (χ1v) is 11.9. The third-order valence-electron chi connectivity index (χ3n) is 5.13. The number of amides is 1. The fourth-order valence-corrected chi connectivity index (χ4v) is 4.08. The molecule has 178 valence electrons. The quantitative estimate of drug-likeness (QED) is 0.198. The molecule has 0 aliphatic rings. The van der Waals surface area contributed by atoms with Gasteiger partial charge in [-0.05, 0) is 55.8 Å². The van der Waals surface area contributed by atoms with Gasteiger partial charge in [-0.25, -0.2) is 9.82 Å². The minimum absolute atomic E-state index is 0.282. The van der Waals surface area contributed by atoms with E-state index in [1.165, 1.54) is 35.7 Å². The van der Waals surface area contributed by atoms with Crippen LogP contribution in [-0.2, 0) is 11.3 Å². The Morgan fingerprint density at radius 3 is 2.49 bits per heavy atom. The summed E-state index contributed by atoms with van der Waals surface area (Å²) in [7, 11) is 0. The Labute approximate surface area is 207 Å². The van der Waals surface area contributed by atoms with Gasteiger partial charge >= 0.3 is 0 Å². The molecule has 0 aliphatic carbocycles. The van der Waals surface area contributed by atoms with Gasteiger partial charge in [0.2, 0.25) is 0 Å². The topological polar surface area (TPSA) is 84.2 Å². The van der Waals surface area contributed by atoms with E-state index in [0.29, 0.717) is 17.3 Å². The summed E-state index contributed by atoms with van der Waals surface area (Å²) in [5.74, 6) is 0.115.